The van der Waals surface area contributed by atoms with E-state index in [1.165, 1.54) is 0 Å². The Morgan fingerprint density at radius 3 is 2.29 bits per heavy atom. The molecule has 14 heavy (non-hydrogen) atoms. The van der Waals surface area contributed by atoms with Gasteiger partial charge in [-0.2, -0.15) is 0 Å². The van der Waals surface area contributed by atoms with Crippen molar-refractivity contribution in [1.82, 2.24) is 0 Å². The summed E-state index contributed by atoms with van der Waals surface area (Å²) >= 11 is 0. The summed E-state index contributed by atoms with van der Waals surface area (Å²) in [5.41, 5.74) is 0. The summed E-state index contributed by atoms with van der Waals surface area (Å²) in [5.74, 6) is 0. The molecule has 0 saturated carbocycles. The fourth-order valence-electron chi connectivity index (χ4n) is 1.18. The summed E-state index contributed by atoms with van der Waals surface area (Å²) in [6.07, 6.45) is 1.81. The third-order valence-corrected chi connectivity index (χ3v) is 3.33. The Balaban J connectivity index is 2.59. The standard InChI is InChI=1S/C10H15BO2P/c1-3-11(4-2)13-14(12)10-8-6-5-7-9-10/h5-9H,3-4H2,1-2H3/q+1. The Hall–Kier alpha value is -0.655. The molecule has 2 nitrogen and oxygen atoms in total. The van der Waals surface area contributed by atoms with Gasteiger partial charge in [-0.15, -0.1) is 0 Å². The van der Waals surface area contributed by atoms with Gasteiger partial charge < -0.3 is 0 Å². The van der Waals surface area contributed by atoms with E-state index >= 15 is 0 Å². The second-order valence-electron chi connectivity index (χ2n) is 3.14. The molecule has 0 heterocycles. The monoisotopic (exact) mass is 209 g/mol. The number of hydrogen-bond acceptors (Lipinski definition) is 2. The lowest BCUT2D eigenvalue weighted by molar-refractivity contribution is 0.518. The van der Waals surface area contributed by atoms with Crippen LogP contribution in [0.15, 0.2) is 30.3 Å². The third kappa shape index (κ3) is 3.24. The molecule has 0 aliphatic heterocycles. The van der Waals surface area contributed by atoms with E-state index in [4.69, 9.17) is 4.44 Å². The van der Waals surface area contributed by atoms with Gasteiger partial charge in [0.25, 0.3) is 0 Å². The zero-order valence-corrected chi connectivity index (χ0v) is 9.54. The maximum Gasteiger partial charge on any atom is 0.532 e. The normalized spacial score (nSPS) is 11.1. The van der Waals surface area contributed by atoms with Gasteiger partial charge in [-0.05, 0) is 29.3 Å². The maximum absolute atomic E-state index is 11.7. The van der Waals surface area contributed by atoms with Gasteiger partial charge in [0, 0.05) is 0 Å². The highest BCUT2D eigenvalue weighted by molar-refractivity contribution is 7.49. The summed E-state index contributed by atoms with van der Waals surface area (Å²) in [6, 6.07) is 9.32. The van der Waals surface area contributed by atoms with Crippen molar-refractivity contribution in [1.29, 1.82) is 0 Å². The van der Waals surface area contributed by atoms with Crippen molar-refractivity contribution in [3.63, 3.8) is 0 Å². The fraction of sp³-hybridized carbons (Fsp3) is 0.400. The minimum absolute atomic E-state index is 0.110. The molecule has 0 spiro atoms. The Morgan fingerprint density at radius 2 is 1.79 bits per heavy atom. The molecule has 0 saturated heterocycles. The van der Waals surface area contributed by atoms with Gasteiger partial charge in [-0.1, -0.05) is 32.0 Å². The van der Waals surface area contributed by atoms with Crippen molar-refractivity contribution in [2.24, 2.45) is 0 Å². The van der Waals surface area contributed by atoms with Gasteiger partial charge in [0.1, 0.15) is 0 Å². The van der Waals surface area contributed by atoms with Crippen LogP contribution in [-0.4, -0.2) is 6.92 Å². The molecule has 1 unspecified atom stereocenters. The van der Waals surface area contributed by atoms with Gasteiger partial charge in [-0.25, -0.2) is 4.44 Å². The minimum atomic E-state index is -1.68. The van der Waals surface area contributed by atoms with Crippen molar-refractivity contribution in [2.75, 3.05) is 0 Å². The summed E-state index contributed by atoms with van der Waals surface area (Å²) < 4.78 is 17.1. The van der Waals surface area contributed by atoms with E-state index in [0.29, 0.717) is 0 Å². The summed E-state index contributed by atoms with van der Waals surface area (Å²) in [6.45, 7) is 4.20. The van der Waals surface area contributed by atoms with Crippen molar-refractivity contribution < 1.29 is 9.01 Å². The molecule has 0 N–H and O–H groups in total. The van der Waals surface area contributed by atoms with Crippen LogP contribution in [0.1, 0.15) is 13.8 Å². The summed E-state index contributed by atoms with van der Waals surface area (Å²) in [5, 5.41) is 0.773. The van der Waals surface area contributed by atoms with Crippen molar-refractivity contribution in [2.45, 2.75) is 26.5 Å². The first kappa shape index (κ1) is 11.4. The molecule has 0 fully saturated rings. The summed E-state index contributed by atoms with van der Waals surface area (Å²) in [7, 11) is -1.68. The second-order valence-corrected chi connectivity index (χ2v) is 4.38. The molecular formula is C10H15BO2P+. The van der Waals surface area contributed by atoms with Gasteiger partial charge >= 0.3 is 14.9 Å². The lowest BCUT2D eigenvalue weighted by Gasteiger charge is -1.98. The smallest absolute Gasteiger partial charge is 0.215 e. The predicted molar refractivity (Wildman–Crippen MR) is 61.5 cm³/mol. The maximum atomic E-state index is 11.7. The first-order valence-electron chi connectivity index (χ1n) is 4.97. The van der Waals surface area contributed by atoms with Gasteiger partial charge in [-0.3, -0.25) is 0 Å². The molecule has 4 heteroatoms. The Bertz CT molecular complexity index is 285. The minimum Gasteiger partial charge on any atom is -0.215 e. The first-order valence-corrected chi connectivity index (χ1v) is 6.14. The Morgan fingerprint density at radius 1 is 1.21 bits per heavy atom. The van der Waals surface area contributed by atoms with Crippen LogP contribution < -0.4 is 5.30 Å². The van der Waals surface area contributed by atoms with Crippen LogP contribution in [0, 0.1) is 0 Å². The zero-order chi connectivity index (χ0) is 10.4. The SMILES string of the molecule is CCB(CC)O[P+](=O)c1ccccc1. The van der Waals surface area contributed by atoms with E-state index in [-0.39, 0.29) is 6.92 Å². The van der Waals surface area contributed by atoms with Crippen LogP contribution in [0.3, 0.4) is 0 Å². The van der Waals surface area contributed by atoms with Crippen LogP contribution in [0.25, 0.3) is 0 Å². The highest BCUT2D eigenvalue weighted by Gasteiger charge is 2.28. The van der Waals surface area contributed by atoms with Gasteiger partial charge in [0.15, 0.2) is 0 Å². The number of hydrogen-bond donors (Lipinski definition) is 0. The number of rotatable bonds is 5. The van der Waals surface area contributed by atoms with E-state index in [0.717, 1.165) is 17.9 Å². The summed E-state index contributed by atoms with van der Waals surface area (Å²) in [4.78, 5) is 0. The largest absolute Gasteiger partial charge is 0.532 e. The highest BCUT2D eigenvalue weighted by Crippen LogP contribution is 2.24. The molecule has 1 rings (SSSR count). The highest BCUT2D eigenvalue weighted by atomic mass is 31.1. The number of benzene rings is 1. The molecular weight excluding hydrogens is 194 g/mol. The third-order valence-electron chi connectivity index (χ3n) is 2.12. The fourth-order valence-corrected chi connectivity index (χ4v) is 2.29. The van der Waals surface area contributed by atoms with Crippen LogP contribution >= 0.6 is 8.03 Å². The van der Waals surface area contributed by atoms with Crippen molar-refractivity contribution >= 4 is 20.2 Å². The van der Waals surface area contributed by atoms with Crippen molar-refractivity contribution in [3.8, 4) is 0 Å². The molecule has 1 aromatic carbocycles. The Kier molecular flexibility index (Phi) is 4.85. The van der Waals surface area contributed by atoms with Crippen LogP contribution in [0.4, 0.5) is 0 Å². The molecule has 1 aromatic rings. The van der Waals surface area contributed by atoms with E-state index in [1.54, 1.807) is 0 Å². The predicted octanol–water partition coefficient (Wildman–Crippen LogP) is 3.10. The van der Waals surface area contributed by atoms with Crippen LogP contribution in [-0.2, 0) is 9.01 Å². The molecule has 0 radical (unpaired) electrons. The molecule has 0 amide bonds. The average Bonchev–Trinajstić information content (AvgIpc) is 2.26. The molecule has 1 atom stereocenters. The molecule has 0 aliphatic carbocycles. The van der Waals surface area contributed by atoms with Gasteiger partial charge in [0.05, 0.1) is 0 Å². The van der Waals surface area contributed by atoms with E-state index in [2.05, 4.69) is 0 Å². The molecule has 74 valence electrons. The second kappa shape index (κ2) is 5.95. The van der Waals surface area contributed by atoms with Crippen molar-refractivity contribution in [3.05, 3.63) is 30.3 Å². The van der Waals surface area contributed by atoms with E-state index in [9.17, 15) is 4.57 Å². The molecule has 0 aromatic heterocycles. The first-order chi connectivity index (χ1) is 6.77. The van der Waals surface area contributed by atoms with E-state index < -0.39 is 8.03 Å². The topological polar surface area (TPSA) is 26.3 Å². The molecule has 0 bridgehead atoms. The average molecular weight is 209 g/mol. The Labute approximate surface area is 86.7 Å². The van der Waals surface area contributed by atoms with E-state index in [1.807, 2.05) is 44.2 Å². The lowest BCUT2D eigenvalue weighted by Crippen LogP contribution is -2.13. The van der Waals surface area contributed by atoms with Crippen LogP contribution in [0.2, 0.25) is 12.6 Å². The van der Waals surface area contributed by atoms with Crippen LogP contribution in [0.5, 0.6) is 0 Å². The quantitative estimate of drug-likeness (QED) is 0.550. The lowest BCUT2D eigenvalue weighted by atomic mass is 9.63. The van der Waals surface area contributed by atoms with Gasteiger partial charge in [0.2, 0.25) is 5.30 Å². The zero-order valence-electron chi connectivity index (χ0n) is 8.64. The molecule has 0 aliphatic rings.